The maximum atomic E-state index is 12.9. The monoisotopic (exact) mass is 318 g/mol. The van der Waals surface area contributed by atoms with E-state index in [4.69, 9.17) is 0 Å². The molecule has 1 aromatic heterocycles. The van der Waals surface area contributed by atoms with Crippen LogP contribution in [0.1, 0.15) is 34.3 Å². The van der Waals surface area contributed by atoms with Crippen LogP contribution < -0.4 is 5.32 Å². The van der Waals surface area contributed by atoms with Gasteiger partial charge >= 0.3 is 0 Å². The number of amides is 1. The van der Waals surface area contributed by atoms with E-state index in [0.29, 0.717) is 5.56 Å². The second-order valence-corrected chi connectivity index (χ2v) is 6.24. The lowest BCUT2D eigenvalue weighted by atomic mass is 9.98. The fourth-order valence-corrected chi connectivity index (χ4v) is 3.20. The standard InChI is InChI=1S/C19H18N4O/c1-14-6-2-4-8-16(14)19(10-11-19)22-18(24)15-7-3-5-9-17(15)23-12-20-21-13-23/h2-9,12-13H,10-11H2,1H3,(H,22,24). The predicted octanol–water partition coefficient (Wildman–Crippen LogP) is 2.99. The van der Waals surface area contributed by atoms with Crippen molar-refractivity contribution in [3.05, 3.63) is 77.9 Å². The van der Waals surface area contributed by atoms with Gasteiger partial charge in [0.25, 0.3) is 5.91 Å². The fraction of sp³-hybridized carbons (Fsp3) is 0.211. The van der Waals surface area contributed by atoms with Gasteiger partial charge in [-0.3, -0.25) is 9.36 Å². The van der Waals surface area contributed by atoms with E-state index in [1.807, 2.05) is 36.4 Å². The molecule has 0 radical (unpaired) electrons. The number of hydrogen-bond acceptors (Lipinski definition) is 3. The van der Waals surface area contributed by atoms with Crippen molar-refractivity contribution >= 4 is 5.91 Å². The average Bonchev–Trinajstić information content (AvgIpc) is 3.17. The van der Waals surface area contributed by atoms with Gasteiger partial charge < -0.3 is 5.32 Å². The Morgan fingerprint density at radius 2 is 1.71 bits per heavy atom. The molecule has 120 valence electrons. The van der Waals surface area contributed by atoms with E-state index in [1.54, 1.807) is 17.2 Å². The van der Waals surface area contributed by atoms with Gasteiger partial charge in [0.2, 0.25) is 0 Å². The summed E-state index contributed by atoms with van der Waals surface area (Å²) in [6.45, 7) is 2.09. The minimum atomic E-state index is -0.233. The van der Waals surface area contributed by atoms with Gasteiger partial charge in [-0.2, -0.15) is 0 Å². The van der Waals surface area contributed by atoms with E-state index in [2.05, 4.69) is 34.6 Å². The lowest BCUT2D eigenvalue weighted by Gasteiger charge is -2.21. The lowest BCUT2D eigenvalue weighted by molar-refractivity contribution is 0.0930. The van der Waals surface area contributed by atoms with Crippen molar-refractivity contribution in [1.29, 1.82) is 0 Å². The molecule has 1 amide bonds. The van der Waals surface area contributed by atoms with Crippen LogP contribution >= 0.6 is 0 Å². The number of para-hydroxylation sites is 1. The number of aromatic nitrogens is 3. The molecule has 5 heteroatoms. The molecule has 5 nitrogen and oxygen atoms in total. The number of carbonyl (C=O) groups is 1. The van der Waals surface area contributed by atoms with Crippen molar-refractivity contribution in [2.24, 2.45) is 0 Å². The summed E-state index contributed by atoms with van der Waals surface area (Å²) in [6, 6.07) is 15.7. The number of rotatable bonds is 4. The van der Waals surface area contributed by atoms with Crippen molar-refractivity contribution in [3.8, 4) is 5.69 Å². The van der Waals surface area contributed by atoms with E-state index in [-0.39, 0.29) is 11.4 Å². The Labute approximate surface area is 140 Å². The van der Waals surface area contributed by atoms with E-state index in [0.717, 1.165) is 18.5 Å². The molecule has 1 saturated carbocycles. The second-order valence-electron chi connectivity index (χ2n) is 6.24. The highest BCUT2D eigenvalue weighted by Gasteiger charge is 2.46. The van der Waals surface area contributed by atoms with E-state index < -0.39 is 0 Å². The molecule has 4 rings (SSSR count). The average molecular weight is 318 g/mol. The Morgan fingerprint density at radius 1 is 1.04 bits per heavy atom. The van der Waals surface area contributed by atoms with Gasteiger partial charge in [-0.15, -0.1) is 10.2 Å². The molecule has 1 heterocycles. The normalized spacial score (nSPS) is 15.0. The van der Waals surface area contributed by atoms with Crippen LogP contribution in [0.25, 0.3) is 5.69 Å². The van der Waals surface area contributed by atoms with Crippen molar-refractivity contribution in [2.45, 2.75) is 25.3 Å². The zero-order chi connectivity index (χ0) is 16.6. The maximum Gasteiger partial charge on any atom is 0.254 e. The van der Waals surface area contributed by atoms with Crippen LogP contribution in [0.4, 0.5) is 0 Å². The zero-order valence-electron chi connectivity index (χ0n) is 13.4. The zero-order valence-corrected chi connectivity index (χ0v) is 13.4. The number of nitrogens with zero attached hydrogens (tertiary/aromatic N) is 3. The molecule has 0 aliphatic heterocycles. The third-order valence-electron chi connectivity index (χ3n) is 4.61. The molecule has 0 unspecified atom stereocenters. The number of aryl methyl sites for hydroxylation is 1. The first kappa shape index (κ1) is 14.6. The summed E-state index contributed by atoms with van der Waals surface area (Å²) in [5.74, 6) is -0.0694. The first-order chi connectivity index (χ1) is 11.7. The Kier molecular flexibility index (Phi) is 3.41. The summed E-state index contributed by atoms with van der Waals surface area (Å²) in [4.78, 5) is 12.9. The number of nitrogens with one attached hydrogen (secondary N) is 1. The fourth-order valence-electron chi connectivity index (χ4n) is 3.20. The van der Waals surface area contributed by atoms with Gasteiger partial charge in [0, 0.05) is 0 Å². The summed E-state index contributed by atoms with van der Waals surface area (Å²) in [6.07, 6.45) is 5.14. The maximum absolute atomic E-state index is 12.9. The molecular formula is C19H18N4O. The summed E-state index contributed by atoms with van der Waals surface area (Å²) < 4.78 is 1.75. The van der Waals surface area contributed by atoms with Gasteiger partial charge in [-0.25, -0.2) is 0 Å². The van der Waals surface area contributed by atoms with Crippen LogP contribution in [0.2, 0.25) is 0 Å². The van der Waals surface area contributed by atoms with Crippen LogP contribution in [0.5, 0.6) is 0 Å². The number of carbonyl (C=O) groups excluding carboxylic acids is 1. The molecule has 0 atom stereocenters. The highest BCUT2D eigenvalue weighted by molar-refractivity contribution is 5.98. The predicted molar refractivity (Wildman–Crippen MR) is 90.9 cm³/mol. The first-order valence-electron chi connectivity index (χ1n) is 8.02. The molecule has 1 aliphatic rings. The van der Waals surface area contributed by atoms with Crippen molar-refractivity contribution < 1.29 is 4.79 Å². The van der Waals surface area contributed by atoms with Gasteiger partial charge in [0.1, 0.15) is 12.7 Å². The van der Waals surface area contributed by atoms with Crippen LogP contribution in [-0.4, -0.2) is 20.7 Å². The van der Waals surface area contributed by atoms with E-state index in [9.17, 15) is 4.79 Å². The molecule has 1 fully saturated rings. The van der Waals surface area contributed by atoms with Crippen LogP contribution in [0.15, 0.2) is 61.2 Å². The minimum Gasteiger partial charge on any atom is -0.342 e. The Hall–Kier alpha value is -2.95. The third-order valence-corrected chi connectivity index (χ3v) is 4.61. The Balaban J connectivity index is 1.66. The van der Waals surface area contributed by atoms with Gasteiger partial charge in [-0.1, -0.05) is 36.4 Å². The number of benzene rings is 2. The molecule has 0 bridgehead atoms. The molecule has 2 aromatic carbocycles. The van der Waals surface area contributed by atoms with E-state index in [1.165, 1.54) is 11.1 Å². The molecule has 1 aliphatic carbocycles. The van der Waals surface area contributed by atoms with Crippen LogP contribution in [0.3, 0.4) is 0 Å². The van der Waals surface area contributed by atoms with Gasteiger partial charge in [-0.05, 0) is 43.0 Å². The lowest BCUT2D eigenvalue weighted by Crippen LogP contribution is -2.35. The molecule has 0 saturated heterocycles. The summed E-state index contributed by atoms with van der Waals surface area (Å²) in [5.41, 5.74) is 3.59. The van der Waals surface area contributed by atoms with E-state index >= 15 is 0 Å². The van der Waals surface area contributed by atoms with Gasteiger partial charge in [0.15, 0.2) is 0 Å². The largest absolute Gasteiger partial charge is 0.342 e. The molecule has 3 aromatic rings. The third kappa shape index (κ3) is 2.48. The minimum absolute atomic E-state index is 0.0694. The smallest absolute Gasteiger partial charge is 0.254 e. The Bertz CT molecular complexity index is 882. The van der Waals surface area contributed by atoms with Crippen molar-refractivity contribution in [1.82, 2.24) is 20.1 Å². The molecule has 24 heavy (non-hydrogen) atoms. The van der Waals surface area contributed by atoms with Crippen LogP contribution in [-0.2, 0) is 5.54 Å². The molecule has 0 spiro atoms. The Morgan fingerprint density at radius 3 is 2.42 bits per heavy atom. The van der Waals surface area contributed by atoms with Crippen molar-refractivity contribution in [3.63, 3.8) is 0 Å². The summed E-state index contributed by atoms with van der Waals surface area (Å²) in [7, 11) is 0. The highest BCUT2D eigenvalue weighted by Crippen LogP contribution is 2.46. The summed E-state index contributed by atoms with van der Waals surface area (Å²) in [5, 5.41) is 10.9. The highest BCUT2D eigenvalue weighted by atomic mass is 16.1. The van der Waals surface area contributed by atoms with Crippen LogP contribution in [0, 0.1) is 6.92 Å². The topological polar surface area (TPSA) is 59.8 Å². The second kappa shape index (κ2) is 5.60. The number of hydrogen-bond donors (Lipinski definition) is 1. The first-order valence-corrected chi connectivity index (χ1v) is 8.02. The summed E-state index contributed by atoms with van der Waals surface area (Å²) >= 11 is 0. The van der Waals surface area contributed by atoms with Crippen molar-refractivity contribution in [2.75, 3.05) is 0 Å². The molecule has 1 N–H and O–H groups in total. The quantitative estimate of drug-likeness (QED) is 0.804. The van der Waals surface area contributed by atoms with Gasteiger partial charge in [0.05, 0.1) is 16.8 Å². The SMILES string of the molecule is Cc1ccccc1C1(NC(=O)c2ccccc2-n2cnnc2)CC1. The molecular weight excluding hydrogens is 300 g/mol.